The van der Waals surface area contributed by atoms with Gasteiger partial charge in [0.1, 0.15) is 4.83 Å². The van der Waals surface area contributed by atoms with Gasteiger partial charge in [0.05, 0.1) is 9.58 Å². The molecule has 1 aliphatic rings. The molecule has 1 amide bonds. The third kappa shape index (κ3) is 4.55. The number of nitrogens with zero attached hydrogens (tertiary/aromatic N) is 2. The van der Waals surface area contributed by atoms with Gasteiger partial charge < -0.3 is 16.0 Å². The first kappa shape index (κ1) is 21.9. The summed E-state index contributed by atoms with van der Waals surface area (Å²) < 4.78 is 1.05. The summed E-state index contributed by atoms with van der Waals surface area (Å²) >= 11 is 3.06. The normalized spacial score (nSPS) is 16.1. The second kappa shape index (κ2) is 9.21. The minimum atomic E-state index is 0. The third-order valence-corrected chi connectivity index (χ3v) is 6.66. The lowest BCUT2D eigenvalue weighted by Crippen LogP contribution is -2.29. The number of aromatic nitrogens is 1. The van der Waals surface area contributed by atoms with Crippen LogP contribution in [0.25, 0.3) is 9.53 Å². The Morgan fingerprint density at radius 1 is 1.33 bits per heavy atom. The molecular weight excluding hydrogens is 423 g/mol. The van der Waals surface area contributed by atoms with Crippen molar-refractivity contribution in [1.29, 1.82) is 0 Å². The molecule has 3 N–H and O–H groups in total. The molecule has 1 aliphatic heterocycles. The number of benzene rings is 1. The number of hydrogen-bond acceptors (Lipinski definition) is 6. The number of nitrogens with two attached hydrogens (primary N) is 1. The van der Waals surface area contributed by atoms with Crippen molar-refractivity contribution in [3.05, 3.63) is 40.8 Å². The average Bonchev–Trinajstić information content (AvgIpc) is 3.30. The summed E-state index contributed by atoms with van der Waals surface area (Å²) in [7, 11) is 0. The monoisotopic (exact) mass is 444 g/mol. The fourth-order valence-electron chi connectivity index (χ4n) is 3.09. The predicted molar refractivity (Wildman–Crippen MR) is 120 cm³/mol. The number of aryl methyl sites for hydroxylation is 1. The Morgan fingerprint density at radius 3 is 2.78 bits per heavy atom. The molecule has 146 valence electrons. The lowest BCUT2D eigenvalue weighted by Gasteiger charge is -2.14. The molecule has 0 saturated carbocycles. The first-order valence-corrected chi connectivity index (χ1v) is 9.99. The summed E-state index contributed by atoms with van der Waals surface area (Å²) in [4.78, 5) is 20.9. The van der Waals surface area contributed by atoms with Gasteiger partial charge in [0.15, 0.2) is 5.13 Å². The molecule has 27 heavy (non-hydrogen) atoms. The zero-order valence-corrected chi connectivity index (χ0v) is 18.1. The van der Waals surface area contributed by atoms with Crippen molar-refractivity contribution in [3.8, 4) is 0 Å². The van der Waals surface area contributed by atoms with Crippen LogP contribution < -0.4 is 11.1 Å². The Balaban J connectivity index is 0.00000131. The van der Waals surface area contributed by atoms with Crippen LogP contribution in [0.5, 0.6) is 0 Å². The highest BCUT2D eigenvalue weighted by molar-refractivity contribution is 7.29. The zero-order chi connectivity index (χ0) is 17.4. The number of fused-ring (bicyclic) bond motifs is 1. The maximum atomic E-state index is 12.7. The van der Waals surface area contributed by atoms with E-state index in [1.807, 2.05) is 29.2 Å². The summed E-state index contributed by atoms with van der Waals surface area (Å²) in [6, 6.07) is 10.1. The number of thiazole rings is 1. The minimum Gasteiger partial charge on any atom is -0.338 e. The van der Waals surface area contributed by atoms with E-state index in [1.54, 1.807) is 11.3 Å². The van der Waals surface area contributed by atoms with Crippen molar-refractivity contribution in [2.45, 2.75) is 13.3 Å². The molecule has 1 saturated heterocycles. The first-order valence-electron chi connectivity index (χ1n) is 8.36. The number of hydrogen-bond donors (Lipinski definition) is 2. The van der Waals surface area contributed by atoms with Crippen molar-refractivity contribution in [2.24, 2.45) is 11.7 Å². The van der Waals surface area contributed by atoms with Crippen LogP contribution in [0.15, 0.2) is 30.3 Å². The molecule has 0 spiro atoms. The Labute approximate surface area is 178 Å². The molecule has 3 aromatic rings. The fraction of sp³-hybridized carbons (Fsp3) is 0.333. The Hall–Kier alpha value is -1.38. The molecular formula is C18H22Cl2N4OS2. The zero-order valence-electron chi connectivity index (χ0n) is 14.8. The smallest absolute Gasteiger partial charge is 0.264 e. The van der Waals surface area contributed by atoms with Gasteiger partial charge in [-0.1, -0.05) is 29.5 Å². The van der Waals surface area contributed by atoms with Crippen LogP contribution in [-0.2, 0) is 0 Å². The van der Waals surface area contributed by atoms with Crippen LogP contribution in [0, 0.1) is 12.8 Å². The molecule has 9 heteroatoms. The number of nitrogens with one attached hydrogen (secondary N) is 1. The van der Waals surface area contributed by atoms with E-state index in [9.17, 15) is 4.79 Å². The molecule has 3 heterocycles. The summed E-state index contributed by atoms with van der Waals surface area (Å²) in [5.41, 5.74) is 7.96. The van der Waals surface area contributed by atoms with E-state index in [0.717, 1.165) is 44.7 Å². The summed E-state index contributed by atoms with van der Waals surface area (Å²) in [5, 5.41) is 4.23. The summed E-state index contributed by atoms with van der Waals surface area (Å²) in [5.74, 6) is 0.549. The molecule has 0 aliphatic carbocycles. The molecule has 1 atom stereocenters. The summed E-state index contributed by atoms with van der Waals surface area (Å²) in [6.07, 6.45) is 1.00. The van der Waals surface area contributed by atoms with Crippen LogP contribution in [0.3, 0.4) is 0 Å². The molecule has 0 bridgehead atoms. The van der Waals surface area contributed by atoms with Crippen molar-refractivity contribution >= 4 is 73.7 Å². The van der Waals surface area contributed by atoms with E-state index in [0.29, 0.717) is 12.5 Å². The van der Waals surface area contributed by atoms with E-state index in [1.165, 1.54) is 16.9 Å². The van der Waals surface area contributed by atoms with Crippen LogP contribution in [0.4, 0.5) is 10.8 Å². The largest absolute Gasteiger partial charge is 0.338 e. The summed E-state index contributed by atoms with van der Waals surface area (Å²) in [6.45, 7) is 4.30. The lowest BCUT2D eigenvalue weighted by atomic mass is 10.1. The minimum absolute atomic E-state index is 0. The molecule has 2 aromatic heterocycles. The first-order chi connectivity index (χ1) is 12.1. The third-order valence-electron chi connectivity index (χ3n) is 4.59. The number of amides is 1. The van der Waals surface area contributed by atoms with E-state index in [-0.39, 0.29) is 30.7 Å². The number of rotatable bonds is 4. The number of thiophene rings is 1. The van der Waals surface area contributed by atoms with E-state index in [2.05, 4.69) is 23.3 Å². The maximum Gasteiger partial charge on any atom is 0.264 e. The molecule has 1 fully saturated rings. The average molecular weight is 445 g/mol. The van der Waals surface area contributed by atoms with E-state index in [4.69, 9.17) is 5.73 Å². The van der Waals surface area contributed by atoms with Crippen LogP contribution in [0.1, 0.15) is 21.7 Å². The second-order valence-corrected chi connectivity index (χ2v) is 8.44. The van der Waals surface area contributed by atoms with Gasteiger partial charge in [0, 0.05) is 18.8 Å². The highest BCUT2D eigenvalue weighted by Gasteiger charge is 2.27. The molecule has 1 unspecified atom stereocenters. The molecule has 5 nitrogen and oxygen atoms in total. The molecule has 0 radical (unpaired) electrons. The number of carbonyl (C=O) groups excluding carboxylic acids is 1. The highest BCUT2D eigenvalue weighted by Crippen LogP contribution is 2.35. The number of halogens is 2. The van der Waals surface area contributed by atoms with Gasteiger partial charge >= 0.3 is 0 Å². The Bertz CT molecular complexity index is 896. The fourth-order valence-corrected chi connectivity index (χ4v) is 5.18. The quantitative estimate of drug-likeness (QED) is 0.612. The van der Waals surface area contributed by atoms with Gasteiger partial charge in [-0.3, -0.25) is 4.79 Å². The predicted octanol–water partition coefficient (Wildman–Crippen LogP) is 4.67. The van der Waals surface area contributed by atoms with Gasteiger partial charge in [-0.15, -0.1) is 36.2 Å². The second-order valence-electron chi connectivity index (χ2n) is 6.38. The van der Waals surface area contributed by atoms with Crippen LogP contribution in [0.2, 0.25) is 0 Å². The van der Waals surface area contributed by atoms with E-state index < -0.39 is 0 Å². The van der Waals surface area contributed by atoms with Crippen LogP contribution in [-0.4, -0.2) is 35.4 Å². The number of para-hydroxylation sites is 1. The molecule has 4 rings (SSSR count). The van der Waals surface area contributed by atoms with E-state index >= 15 is 0 Å². The van der Waals surface area contributed by atoms with Gasteiger partial charge in [0.2, 0.25) is 0 Å². The van der Waals surface area contributed by atoms with Gasteiger partial charge in [-0.2, -0.15) is 0 Å². The topological polar surface area (TPSA) is 71.2 Å². The highest BCUT2D eigenvalue weighted by atomic mass is 35.5. The van der Waals surface area contributed by atoms with Gasteiger partial charge in [-0.25, -0.2) is 4.98 Å². The Morgan fingerprint density at radius 2 is 2.11 bits per heavy atom. The SMILES string of the molecule is Cc1ccccc1Nc1nc2sc(C(=O)N3CCC(CN)C3)cc2s1.Cl.Cl. The van der Waals surface area contributed by atoms with Crippen molar-refractivity contribution < 1.29 is 4.79 Å². The number of likely N-dealkylation sites (tertiary alicyclic amines) is 1. The van der Waals surface area contributed by atoms with Gasteiger partial charge in [-0.05, 0) is 43.5 Å². The standard InChI is InChI=1S/C18H20N4OS2.2ClH/c1-11-4-2-3-5-13(11)20-18-21-16-14(25-18)8-15(24-16)17(23)22-7-6-12(9-19)10-22;;/h2-5,8,12H,6-7,9-10,19H2,1H3,(H,20,21);2*1H. The lowest BCUT2D eigenvalue weighted by molar-refractivity contribution is 0.0792. The Kier molecular flexibility index (Phi) is 7.47. The van der Waals surface area contributed by atoms with Crippen molar-refractivity contribution in [1.82, 2.24) is 9.88 Å². The maximum absolute atomic E-state index is 12.7. The number of anilines is 2. The number of carbonyl (C=O) groups is 1. The van der Waals surface area contributed by atoms with Gasteiger partial charge in [0.25, 0.3) is 5.91 Å². The molecule has 1 aromatic carbocycles. The van der Waals surface area contributed by atoms with Crippen molar-refractivity contribution in [2.75, 3.05) is 25.0 Å². The van der Waals surface area contributed by atoms with Crippen LogP contribution >= 0.6 is 47.5 Å². The van der Waals surface area contributed by atoms with Crippen molar-refractivity contribution in [3.63, 3.8) is 0 Å².